The molecule has 0 aliphatic rings. The van der Waals surface area contributed by atoms with E-state index < -0.39 is 0 Å². The second-order valence-electron chi connectivity index (χ2n) is 6.16. The van der Waals surface area contributed by atoms with Crippen LogP contribution in [0.25, 0.3) is 0 Å². The molecule has 0 aromatic carbocycles. The Morgan fingerprint density at radius 1 is 1.16 bits per heavy atom. The summed E-state index contributed by atoms with van der Waals surface area (Å²) in [6.07, 6.45) is 0. The molecule has 0 aliphatic carbocycles. The van der Waals surface area contributed by atoms with E-state index in [1.54, 1.807) is 0 Å². The van der Waals surface area contributed by atoms with E-state index in [0.29, 0.717) is 17.9 Å². The minimum absolute atomic E-state index is 0.354. The first-order valence-corrected chi connectivity index (χ1v) is 7.06. The fraction of sp³-hybridized carbons (Fsp3) is 0.733. The molecule has 0 saturated heterocycles. The van der Waals surface area contributed by atoms with Crippen molar-refractivity contribution in [3.63, 3.8) is 0 Å². The largest absolute Gasteiger partial charge is 0.366 e. The average Bonchev–Trinajstić information content (AvgIpc) is 2.26. The van der Waals surface area contributed by atoms with Crippen LogP contribution in [0, 0.1) is 12.8 Å². The summed E-state index contributed by atoms with van der Waals surface area (Å²) in [6.45, 7) is 11.7. The van der Waals surface area contributed by atoms with Crippen molar-refractivity contribution in [2.24, 2.45) is 5.92 Å². The molecular formula is C15H28N4. The van der Waals surface area contributed by atoms with E-state index in [2.05, 4.69) is 62.0 Å². The molecule has 0 amide bonds. The van der Waals surface area contributed by atoms with E-state index in [0.717, 1.165) is 23.9 Å². The lowest BCUT2D eigenvalue weighted by atomic mass is 10.0. The summed E-state index contributed by atoms with van der Waals surface area (Å²) in [4.78, 5) is 11.3. The Morgan fingerprint density at radius 2 is 1.79 bits per heavy atom. The highest BCUT2D eigenvalue weighted by Gasteiger charge is 2.16. The van der Waals surface area contributed by atoms with Crippen LogP contribution in [0.15, 0.2) is 6.07 Å². The fourth-order valence-electron chi connectivity index (χ4n) is 1.93. The van der Waals surface area contributed by atoms with Gasteiger partial charge in [0, 0.05) is 30.3 Å². The first-order valence-electron chi connectivity index (χ1n) is 7.06. The van der Waals surface area contributed by atoms with Crippen molar-refractivity contribution in [1.82, 2.24) is 14.9 Å². The van der Waals surface area contributed by atoms with Gasteiger partial charge in [0.2, 0.25) is 0 Å². The molecule has 0 fully saturated rings. The van der Waals surface area contributed by atoms with E-state index in [1.807, 2.05) is 13.0 Å². The van der Waals surface area contributed by atoms with Crippen LogP contribution in [-0.4, -0.2) is 41.5 Å². The van der Waals surface area contributed by atoms with Gasteiger partial charge in [-0.05, 0) is 26.9 Å². The predicted molar refractivity (Wildman–Crippen MR) is 81.7 cm³/mol. The van der Waals surface area contributed by atoms with Gasteiger partial charge in [-0.2, -0.15) is 0 Å². The Morgan fingerprint density at radius 3 is 2.26 bits per heavy atom. The second kappa shape index (κ2) is 6.85. The number of rotatable bonds is 6. The van der Waals surface area contributed by atoms with Crippen LogP contribution in [0.4, 0.5) is 5.82 Å². The van der Waals surface area contributed by atoms with Crippen molar-refractivity contribution >= 4 is 5.82 Å². The van der Waals surface area contributed by atoms with Gasteiger partial charge >= 0.3 is 0 Å². The van der Waals surface area contributed by atoms with Crippen molar-refractivity contribution in [3.8, 4) is 0 Å². The molecule has 108 valence electrons. The van der Waals surface area contributed by atoms with E-state index in [4.69, 9.17) is 0 Å². The molecule has 0 aliphatic heterocycles. The van der Waals surface area contributed by atoms with Crippen molar-refractivity contribution < 1.29 is 0 Å². The molecular weight excluding hydrogens is 236 g/mol. The summed E-state index contributed by atoms with van der Waals surface area (Å²) in [6, 6.07) is 2.42. The molecule has 1 unspecified atom stereocenters. The molecule has 1 aromatic heterocycles. The maximum atomic E-state index is 4.62. The third kappa shape index (κ3) is 5.15. The molecule has 0 spiro atoms. The predicted octanol–water partition coefficient (Wildman–Crippen LogP) is 2.91. The second-order valence-corrected chi connectivity index (χ2v) is 6.16. The summed E-state index contributed by atoms with van der Waals surface area (Å²) < 4.78 is 0. The summed E-state index contributed by atoms with van der Waals surface area (Å²) in [7, 11) is 4.20. The minimum atomic E-state index is 0.354. The van der Waals surface area contributed by atoms with E-state index in [-0.39, 0.29) is 0 Å². The zero-order valence-electron chi connectivity index (χ0n) is 13.4. The molecule has 1 aromatic rings. The van der Waals surface area contributed by atoms with E-state index in [1.165, 1.54) is 0 Å². The average molecular weight is 264 g/mol. The fourth-order valence-corrected chi connectivity index (χ4v) is 1.93. The minimum Gasteiger partial charge on any atom is -0.366 e. The van der Waals surface area contributed by atoms with Crippen molar-refractivity contribution in [2.45, 2.75) is 46.6 Å². The van der Waals surface area contributed by atoms with Gasteiger partial charge in [-0.3, -0.25) is 0 Å². The number of anilines is 1. The van der Waals surface area contributed by atoms with Gasteiger partial charge in [0.15, 0.2) is 0 Å². The maximum Gasteiger partial charge on any atom is 0.133 e. The molecule has 0 bridgehead atoms. The highest BCUT2D eigenvalue weighted by Crippen LogP contribution is 2.16. The number of nitrogens with one attached hydrogen (secondary N) is 1. The summed E-state index contributed by atoms with van der Waals surface area (Å²) in [5.74, 6) is 2.76. The third-order valence-corrected chi connectivity index (χ3v) is 3.09. The monoisotopic (exact) mass is 264 g/mol. The summed E-state index contributed by atoms with van der Waals surface area (Å²) >= 11 is 0. The van der Waals surface area contributed by atoms with Crippen LogP contribution >= 0.6 is 0 Å². The first-order chi connectivity index (χ1) is 8.79. The molecule has 0 radical (unpaired) electrons. The topological polar surface area (TPSA) is 41.0 Å². The van der Waals surface area contributed by atoms with E-state index in [9.17, 15) is 0 Å². The van der Waals surface area contributed by atoms with Crippen LogP contribution in [0.2, 0.25) is 0 Å². The molecule has 1 atom stereocenters. The van der Waals surface area contributed by atoms with Crippen LogP contribution in [0.3, 0.4) is 0 Å². The van der Waals surface area contributed by atoms with Crippen LogP contribution in [0.1, 0.15) is 45.1 Å². The molecule has 1 heterocycles. The van der Waals surface area contributed by atoms with Gasteiger partial charge in [-0.25, -0.2) is 9.97 Å². The number of likely N-dealkylation sites (N-methyl/N-ethyl adjacent to an activating group) is 1. The normalized spacial score (nSPS) is 13.4. The Balaban J connectivity index is 2.89. The van der Waals surface area contributed by atoms with Crippen LogP contribution < -0.4 is 5.32 Å². The summed E-state index contributed by atoms with van der Waals surface area (Å²) in [5.41, 5.74) is 1.02. The highest BCUT2D eigenvalue weighted by atomic mass is 15.1. The van der Waals surface area contributed by atoms with Crippen molar-refractivity contribution in [1.29, 1.82) is 0 Å². The van der Waals surface area contributed by atoms with Gasteiger partial charge in [0.1, 0.15) is 11.6 Å². The lowest BCUT2D eigenvalue weighted by Crippen LogP contribution is -2.36. The zero-order valence-corrected chi connectivity index (χ0v) is 13.4. The van der Waals surface area contributed by atoms with Gasteiger partial charge in [-0.15, -0.1) is 0 Å². The Labute approximate surface area is 117 Å². The maximum absolute atomic E-state index is 4.62. The Hall–Kier alpha value is -1.16. The first kappa shape index (κ1) is 15.9. The standard InChI is InChI=1S/C15H28N4/c1-10(2)13(9-19(6)7)17-14-8-12(5)16-15(18-14)11(3)4/h8,10-11,13H,9H2,1-7H3,(H,16,17,18). The quantitative estimate of drug-likeness (QED) is 0.857. The van der Waals surface area contributed by atoms with Crippen LogP contribution in [-0.2, 0) is 0 Å². The number of hydrogen-bond donors (Lipinski definition) is 1. The molecule has 4 nitrogen and oxygen atoms in total. The summed E-state index contributed by atoms with van der Waals surface area (Å²) in [5, 5.41) is 3.55. The Bertz CT molecular complexity index is 399. The molecule has 19 heavy (non-hydrogen) atoms. The van der Waals surface area contributed by atoms with Gasteiger partial charge < -0.3 is 10.2 Å². The van der Waals surface area contributed by atoms with Crippen LogP contribution in [0.5, 0.6) is 0 Å². The lowest BCUT2D eigenvalue weighted by molar-refractivity contribution is 0.344. The number of hydrogen-bond acceptors (Lipinski definition) is 4. The highest BCUT2D eigenvalue weighted by molar-refractivity contribution is 5.37. The van der Waals surface area contributed by atoms with Crippen molar-refractivity contribution in [3.05, 3.63) is 17.6 Å². The molecule has 4 heteroatoms. The molecule has 0 saturated carbocycles. The Kier molecular flexibility index (Phi) is 5.73. The van der Waals surface area contributed by atoms with Crippen molar-refractivity contribution in [2.75, 3.05) is 26.0 Å². The smallest absolute Gasteiger partial charge is 0.133 e. The van der Waals surface area contributed by atoms with Gasteiger partial charge in [0.25, 0.3) is 0 Å². The molecule has 1 N–H and O–H groups in total. The molecule has 1 rings (SSSR count). The lowest BCUT2D eigenvalue weighted by Gasteiger charge is -2.26. The number of aromatic nitrogens is 2. The zero-order chi connectivity index (χ0) is 14.6. The van der Waals surface area contributed by atoms with Gasteiger partial charge in [0.05, 0.1) is 0 Å². The van der Waals surface area contributed by atoms with E-state index >= 15 is 0 Å². The number of aryl methyl sites for hydroxylation is 1. The SMILES string of the molecule is Cc1cc(NC(CN(C)C)C(C)C)nc(C(C)C)n1. The third-order valence-electron chi connectivity index (χ3n) is 3.09. The number of nitrogens with zero attached hydrogens (tertiary/aromatic N) is 3. The van der Waals surface area contributed by atoms with Gasteiger partial charge in [-0.1, -0.05) is 27.7 Å².